The van der Waals surface area contributed by atoms with Crippen LogP contribution in [0.2, 0.25) is 0 Å². The Hall–Kier alpha value is -3.10. The predicted molar refractivity (Wildman–Crippen MR) is 121 cm³/mol. The molecule has 31 heavy (non-hydrogen) atoms. The molecule has 0 spiro atoms. The minimum Gasteiger partial charge on any atom is -0.380 e. The van der Waals surface area contributed by atoms with Crippen LogP contribution < -0.4 is 5.32 Å². The zero-order chi connectivity index (χ0) is 22.2. The second-order valence-electron chi connectivity index (χ2n) is 8.17. The normalized spacial score (nSPS) is 11.8. The molecule has 3 heterocycles. The Labute approximate surface area is 183 Å². The highest BCUT2D eigenvalue weighted by Gasteiger charge is 2.25. The smallest absolute Gasteiger partial charge is 0.267 e. The number of hydrogen-bond donors (Lipinski definition) is 1. The van der Waals surface area contributed by atoms with Gasteiger partial charge in [0, 0.05) is 40.4 Å². The molecule has 1 N–H and O–H groups in total. The minimum atomic E-state index is -0.367. The number of rotatable bonds is 5. The number of carbonyl (C=O) groups excluding carboxylic acids is 1. The average molecular weight is 439 g/mol. The van der Waals surface area contributed by atoms with Gasteiger partial charge in [0.05, 0.1) is 17.2 Å². The summed E-state index contributed by atoms with van der Waals surface area (Å²) in [5.41, 5.74) is 1.13. The number of nitrogens with one attached hydrogen (secondary N) is 1. The lowest BCUT2D eigenvalue weighted by atomic mass is 9.92. The third kappa shape index (κ3) is 4.08. The molecule has 0 aliphatic carbocycles. The number of pyridine rings is 1. The van der Waals surface area contributed by atoms with Crippen LogP contribution in [0.3, 0.4) is 0 Å². The van der Waals surface area contributed by atoms with Gasteiger partial charge < -0.3 is 10.1 Å². The quantitative estimate of drug-likeness (QED) is 0.458. The number of fused-ring (bicyclic) bond motifs is 1. The molecule has 0 fully saturated rings. The molecule has 0 saturated heterocycles. The monoisotopic (exact) mass is 438 g/mol. The Kier molecular flexibility index (Phi) is 5.60. The fourth-order valence-electron chi connectivity index (χ4n) is 3.30. The molecule has 3 aromatic heterocycles. The van der Waals surface area contributed by atoms with E-state index in [2.05, 4.69) is 36.2 Å². The first-order valence-electron chi connectivity index (χ1n) is 9.81. The summed E-state index contributed by atoms with van der Waals surface area (Å²) in [5.74, 6) is 0.376. The Bertz CT molecular complexity index is 1240. The molecule has 8 heteroatoms. The number of nitrogens with zero attached hydrogens (tertiary/aromatic N) is 3. The number of halogens is 1. The van der Waals surface area contributed by atoms with Crippen LogP contribution in [0.25, 0.3) is 15.9 Å². The van der Waals surface area contributed by atoms with Crippen molar-refractivity contribution < 1.29 is 13.9 Å². The van der Waals surface area contributed by atoms with E-state index < -0.39 is 0 Å². The maximum atomic E-state index is 14.5. The van der Waals surface area contributed by atoms with Crippen molar-refractivity contribution in [2.24, 2.45) is 0 Å². The molecular weight excluding hydrogens is 415 g/mol. The first kappa shape index (κ1) is 21.1. The molecule has 0 radical (unpaired) electrons. The van der Waals surface area contributed by atoms with Gasteiger partial charge in [-0.1, -0.05) is 32.9 Å². The number of ether oxygens (including phenoxy) is 1. The van der Waals surface area contributed by atoms with E-state index in [4.69, 9.17) is 4.74 Å². The fourth-order valence-corrected chi connectivity index (χ4v) is 4.41. The lowest BCUT2D eigenvalue weighted by molar-refractivity contribution is 0.102. The number of carbonyl (C=O) groups is 1. The lowest BCUT2D eigenvalue weighted by Crippen LogP contribution is -2.16. The van der Waals surface area contributed by atoms with Crippen LogP contribution in [0, 0.1) is 5.82 Å². The number of anilines is 1. The largest absolute Gasteiger partial charge is 0.380 e. The molecule has 0 aliphatic heterocycles. The third-order valence-electron chi connectivity index (χ3n) is 4.84. The summed E-state index contributed by atoms with van der Waals surface area (Å²) in [6.45, 7) is 6.29. The first-order valence-corrected chi connectivity index (χ1v) is 10.6. The van der Waals surface area contributed by atoms with Crippen LogP contribution >= 0.6 is 11.3 Å². The zero-order valence-corrected chi connectivity index (χ0v) is 18.6. The second kappa shape index (κ2) is 8.20. The fraction of sp³-hybridized carbons (Fsp3) is 0.261. The van der Waals surface area contributed by atoms with E-state index in [-0.39, 0.29) is 23.7 Å². The summed E-state index contributed by atoms with van der Waals surface area (Å²) in [6, 6.07) is 12.2. The van der Waals surface area contributed by atoms with Crippen molar-refractivity contribution in [3.8, 4) is 5.82 Å². The van der Waals surface area contributed by atoms with Crippen LogP contribution in [0.1, 0.15) is 41.7 Å². The van der Waals surface area contributed by atoms with Gasteiger partial charge in [-0.15, -0.1) is 11.3 Å². The van der Waals surface area contributed by atoms with E-state index in [1.807, 2.05) is 24.3 Å². The van der Waals surface area contributed by atoms with Gasteiger partial charge in [-0.25, -0.2) is 9.37 Å². The summed E-state index contributed by atoms with van der Waals surface area (Å²) in [4.78, 5) is 18.1. The van der Waals surface area contributed by atoms with Gasteiger partial charge in [0.15, 0.2) is 5.82 Å². The highest BCUT2D eigenvalue weighted by Crippen LogP contribution is 2.35. The Morgan fingerprint density at radius 3 is 2.71 bits per heavy atom. The van der Waals surface area contributed by atoms with Crippen LogP contribution in [-0.4, -0.2) is 27.8 Å². The Morgan fingerprint density at radius 1 is 1.23 bits per heavy atom. The summed E-state index contributed by atoms with van der Waals surface area (Å²) >= 11 is 1.24. The zero-order valence-electron chi connectivity index (χ0n) is 17.8. The van der Waals surface area contributed by atoms with Gasteiger partial charge in [-0.3, -0.25) is 4.79 Å². The van der Waals surface area contributed by atoms with Gasteiger partial charge in [0.25, 0.3) is 5.91 Å². The molecule has 0 atom stereocenters. The maximum Gasteiger partial charge on any atom is 0.267 e. The highest BCUT2D eigenvalue weighted by atomic mass is 32.1. The third-order valence-corrected chi connectivity index (χ3v) is 6.04. The van der Waals surface area contributed by atoms with Crippen LogP contribution in [-0.2, 0) is 16.8 Å². The second-order valence-corrected chi connectivity index (χ2v) is 9.23. The molecule has 4 rings (SSSR count). The van der Waals surface area contributed by atoms with Gasteiger partial charge in [-0.05, 0) is 24.3 Å². The van der Waals surface area contributed by atoms with Crippen molar-refractivity contribution in [3.63, 3.8) is 0 Å². The summed E-state index contributed by atoms with van der Waals surface area (Å²) in [7, 11) is 1.53. The Balaban J connectivity index is 1.78. The van der Waals surface area contributed by atoms with Crippen molar-refractivity contribution in [2.45, 2.75) is 32.8 Å². The van der Waals surface area contributed by atoms with Gasteiger partial charge in [0.1, 0.15) is 11.6 Å². The molecule has 6 nitrogen and oxygen atoms in total. The van der Waals surface area contributed by atoms with E-state index in [0.29, 0.717) is 32.2 Å². The molecule has 1 aromatic carbocycles. The van der Waals surface area contributed by atoms with Crippen LogP contribution in [0.5, 0.6) is 0 Å². The highest BCUT2D eigenvalue weighted by molar-refractivity contribution is 7.21. The van der Waals surface area contributed by atoms with E-state index in [0.717, 1.165) is 5.69 Å². The average Bonchev–Trinajstić information content (AvgIpc) is 3.32. The number of benzene rings is 1. The lowest BCUT2D eigenvalue weighted by Gasteiger charge is -2.13. The molecule has 0 bridgehead atoms. The van der Waals surface area contributed by atoms with E-state index >= 15 is 0 Å². The molecule has 4 aromatic rings. The number of hydrogen-bond acceptors (Lipinski definition) is 5. The molecule has 1 amide bonds. The summed E-state index contributed by atoms with van der Waals surface area (Å²) in [6.07, 6.45) is 1.67. The van der Waals surface area contributed by atoms with Crippen molar-refractivity contribution in [1.29, 1.82) is 0 Å². The van der Waals surface area contributed by atoms with Gasteiger partial charge in [0.2, 0.25) is 0 Å². The predicted octanol–water partition coefficient (Wildman–Crippen LogP) is 5.32. The molecule has 160 valence electrons. The van der Waals surface area contributed by atoms with Gasteiger partial charge in [-0.2, -0.15) is 9.78 Å². The van der Waals surface area contributed by atoms with Crippen molar-refractivity contribution in [3.05, 3.63) is 70.6 Å². The standard InChI is InChI=1S/C23H23FN4O2S/c1-23(2,3)17-12-19(28(27-17)18-10-5-6-11-25-18)26-22(29)21-14(13-30-4)20-15(24)8-7-9-16(20)31-21/h5-12H,13H2,1-4H3,(H,26,29). The Morgan fingerprint density at radius 2 is 2.03 bits per heavy atom. The van der Waals surface area contributed by atoms with Crippen molar-refractivity contribution in [2.75, 3.05) is 12.4 Å². The van der Waals surface area contributed by atoms with Crippen molar-refractivity contribution in [1.82, 2.24) is 14.8 Å². The number of methoxy groups -OCH3 is 1. The molecule has 0 saturated carbocycles. The molecule has 0 unspecified atom stereocenters. The SMILES string of the molecule is COCc1c(C(=O)Nc2cc(C(C)(C)C)nn2-c2ccccn2)sc2cccc(F)c12. The number of aromatic nitrogens is 3. The van der Waals surface area contributed by atoms with Gasteiger partial charge >= 0.3 is 0 Å². The van der Waals surface area contributed by atoms with E-state index in [1.165, 1.54) is 24.5 Å². The first-order chi connectivity index (χ1) is 14.8. The summed E-state index contributed by atoms with van der Waals surface area (Å²) < 4.78 is 22.1. The topological polar surface area (TPSA) is 69.0 Å². The number of amides is 1. The van der Waals surface area contributed by atoms with Crippen LogP contribution in [0.15, 0.2) is 48.7 Å². The van der Waals surface area contributed by atoms with Crippen molar-refractivity contribution >= 4 is 33.1 Å². The number of thiophene rings is 1. The molecule has 0 aliphatic rings. The van der Waals surface area contributed by atoms with E-state index in [1.54, 1.807) is 23.0 Å². The summed E-state index contributed by atoms with van der Waals surface area (Å²) in [5, 5.41) is 8.05. The molecular formula is C23H23FN4O2S. The minimum absolute atomic E-state index is 0.135. The maximum absolute atomic E-state index is 14.5. The van der Waals surface area contributed by atoms with Crippen LogP contribution in [0.4, 0.5) is 10.2 Å². The van der Waals surface area contributed by atoms with E-state index in [9.17, 15) is 9.18 Å².